The lowest BCUT2D eigenvalue weighted by molar-refractivity contribution is -0.121. The lowest BCUT2D eigenvalue weighted by Gasteiger charge is -2.06. The Bertz CT molecular complexity index is 296. The third kappa shape index (κ3) is 14.7. The van der Waals surface area contributed by atoms with Crippen molar-refractivity contribution in [1.29, 1.82) is 0 Å². The van der Waals surface area contributed by atoms with Crippen molar-refractivity contribution in [2.24, 2.45) is 5.92 Å². The van der Waals surface area contributed by atoms with E-state index in [1.165, 1.54) is 70.6 Å². The van der Waals surface area contributed by atoms with Crippen molar-refractivity contribution < 1.29 is 9.59 Å². The summed E-state index contributed by atoms with van der Waals surface area (Å²) in [7, 11) is 0. The Kier molecular flexibility index (Phi) is 15.7. The van der Waals surface area contributed by atoms with E-state index < -0.39 is 0 Å². The predicted octanol–water partition coefficient (Wildman–Crippen LogP) is 6.65. The second kappa shape index (κ2) is 16.2. The number of ketones is 2. The van der Waals surface area contributed by atoms with Crippen molar-refractivity contribution in [3.8, 4) is 0 Å². The minimum atomic E-state index is 0.330. The molecule has 23 heavy (non-hydrogen) atoms. The molecular weight excluding hydrogens is 284 g/mol. The summed E-state index contributed by atoms with van der Waals surface area (Å²) >= 11 is 0. The van der Waals surface area contributed by atoms with Crippen LogP contribution < -0.4 is 0 Å². The predicted molar refractivity (Wildman–Crippen MR) is 99.8 cm³/mol. The molecule has 0 N–H and O–H groups in total. The summed E-state index contributed by atoms with van der Waals surface area (Å²) < 4.78 is 0. The molecule has 0 heterocycles. The van der Waals surface area contributed by atoms with Gasteiger partial charge in [0.15, 0.2) is 0 Å². The molecule has 0 aromatic carbocycles. The summed E-state index contributed by atoms with van der Waals surface area (Å²) in [6.45, 7) is 6.10. The first-order chi connectivity index (χ1) is 11.1. The van der Waals surface area contributed by atoms with Crippen LogP contribution in [0.2, 0.25) is 0 Å². The average molecular weight is 325 g/mol. The summed E-state index contributed by atoms with van der Waals surface area (Å²) in [4.78, 5) is 21.8. The van der Waals surface area contributed by atoms with Crippen LogP contribution in [0.5, 0.6) is 0 Å². The summed E-state index contributed by atoms with van der Waals surface area (Å²) in [5.41, 5.74) is 0. The molecular formula is C21H40O2. The van der Waals surface area contributed by atoms with Gasteiger partial charge >= 0.3 is 0 Å². The van der Waals surface area contributed by atoms with Gasteiger partial charge in [0.05, 0.1) is 0 Å². The van der Waals surface area contributed by atoms with Gasteiger partial charge in [0, 0.05) is 18.8 Å². The molecule has 0 radical (unpaired) electrons. The summed E-state index contributed by atoms with van der Waals surface area (Å²) in [5, 5.41) is 0. The van der Waals surface area contributed by atoms with E-state index >= 15 is 0 Å². The lowest BCUT2D eigenvalue weighted by Crippen LogP contribution is -2.05. The molecule has 136 valence electrons. The van der Waals surface area contributed by atoms with Crippen LogP contribution in [0.1, 0.15) is 117 Å². The molecule has 0 bridgehead atoms. The highest BCUT2D eigenvalue weighted by Crippen LogP contribution is 2.26. The molecule has 0 amide bonds. The topological polar surface area (TPSA) is 34.1 Å². The van der Waals surface area contributed by atoms with E-state index in [0.717, 1.165) is 25.7 Å². The third-order valence-electron chi connectivity index (χ3n) is 4.72. The molecule has 0 aliphatic heterocycles. The SMILES string of the molecule is CCCCCCCC(C)=O.CCCCCCCC1CCCC1=O. The van der Waals surface area contributed by atoms with Gasteiger partial charge in [-0.3, -0.25) is 4.79 Å². The molecule has 0 aromatic rings. The van der Waals surface area contributed by atoms with Gasteiger partial charge in [0.2, 0.25) is 0 Å². The zero-order valence-electron chi connectivity index (χ0n) is 16.0. The normalized spacial score (nSPS) is 17.0. The van der Waals surface area contributed by atoms with Crippen molar-refractivity contribution in [3.05, 3.63) is 0 Å². The average Bonchev–Trinajstić information content (AvgIpc) is 2.93. The number of hydrogen-bond acceptors (Lipinski definition) is 2. The van der Waals surface area contributed by atoms with Crippen molar-refractivity contribution in [1.82, 2.24) is 0 Å². The summed E-state index contributed by atoms with van der Waals surface area (Å²) in [6, 6.07) is 0. The fourth-order valence-corrected chi connectivity index (χ4v) is 3.16. The van der Waals surface area contributed by atoms with Gasteiger partial charge in [-0.25, -0.2) is 0 Å². The number of carbonyl (C=O) groups is 2. The third-order valence-corrected chi connectivity index (χ3v) is 4.72. The quantitative estimate of drug-likeness (QED) is 0.376. The van der Waals surface area contributed by atoms with Gasteiger partial charge in [-0.1, -0.05) is 71.6 Å². The molecule has 0 spiro atoms. The maximum atomic E-state index is 11.3. The first kappa shape index (κ1) is 22.3. The Morgan fingerprint density at radius 3 is 1.96 bits per heavy atom. The van der Waals surface area contributed by atoms with E-state index in [0.29, 0.717) is 17.5 Å². The highest BCUT2D eigenvalue weighted by molar-refractivity contribution is 5.82. The number of rotatable bonds is 12. The fourth-order valence-electron chi connectivity index (χ4n) is 3.16. The van der Waals surface area contributed by atoms with Gasteiger partial charge in [-0.2, -0.15) is 0 Å². The van der Waals surface area contributed by atoms with E-state index in [1.54, 1.807) is 6.92 Å². The zero-order chi connectivity index (χ0) is 17.3. The smallest absolute Gasteiger partial charge is 0.135 e. The molecule has 1 saturated carbocycles. The van der Waals surface area contributed by atoms with Crippen molar-refractivity contribution in [2.75, 3.05) is 0 Å². The Labute approximate surface area is 144 Å². The first-order valence-corrected chi connectivity index (χ1v) is 10.1. The number of carbonyl (C=O) groups excluding carboxylic acids is 2. The monoisotopic (exact) mass is 324 g/mol. The number of unbranched alkanes of at least 4 members (excludes halogenated alkanes) is 8. The first-order valence-electron chi connectivity index (χ1n) is 10.1. The lowest BCUT2D eigenvalue weighted by atomic mass is 9.98. The van der Waals surface area contributed by atoms with E-state index in [2.05, 4.69) is 13.8 Å². The second-order valence-corrected chi connectivity index (χ2v) is 7.12. The maximum Gasteiger partial charge on any atom is 0.135 e. The Morgan fingerprint density at radius 1 is 0.913 bits per heavy atom. The highest BCUT2D eigenvalue weighted by Gasteiger charge is 2.23. The Morgan fingerprint density at radius 2 is 1.48 bits per heavy atom. The van der Waals surface area contributed by atoms with Gasteiger partial charge in [0.1, 0.15) is 11.6 Å². The molecule has 1 atom stereocenters. The highest BCUT2D eigenvalue weighted by atomic mass is 16.1. The standard InChI is InChI=1S/C12H22O.C9H18O/c1-2-3-4-5-6-8-11-9-7-10-12(11)13;1-3-4-5-6-7-8-9(2)10/h11H,2-10H2,1H3;3-8H2,1-2H3. The van der Waals surface area contributed by atoms with Crippen molar-refractivity contribution in [3.63, 3.8) is 0 Å². The molecule has 0 aromatic heterocycles. The maximum absolute atomic E-state index is 11.3. The van der Waals surface area contributed by atoms with Crippen LogP contribution in [0.25, 0.3) is 0 Å². The number of Topliss-reactive ketones (excluding diaryl/α,β-unsaturated/α-hetero) is 2. The largest absolute Gasteiger partial charge is 0.300 e. The molecule has 2 heteroatoms. The molecule has 1 aliphatic rings. The molecule has 1 aliphatic carbocycles. The van der Waals surface area contributed by atoms with Gasteiger partial charge in [-0.15, -0.1) is 0 Å². The zero-order valence-corrected chi connectivity index (χ0v) is 16.0. The van der Waals surface area contributed by atoms with Gasteiger partial charge in [-0.05, 0) is 32.6 Å². The molecule has 0 saturated heterocycles. The summed E-state index contributed by atoms with van der Waals surface area (Å²) in [5.74, 6) is 1.31. The van der Waals surface area contributed by atoms with Crippen LogP contribution in [0.4, 0.5) is 0 Å². The van der Waals surface area contributed by atoms with Crippen LogP contribution in [-0.4, -0.2) is 11.6 Å². The molecule has 2 nitrogen and oxygen atoms in total. The van der Waals surface area contributed by atoms with E-state index in [-0.39, 0.29) is 0 Å². The van der Waals surface area contributed by atoms with Gasteiger partial charge in [0.25, 0.3) is 0 Å². The van der Waals surface area contributed by atoms with Crippen molar-refractivity contribution >= 4 is 11.6 Å². The Balaban J connectivity index is 0.000000438. The minimum absolute atomic E-state index is 0.330. The van der Waals surface area contributed by atoms with E-state index in [1.807, 2.05) is 0 Å². The molecule has 1 unspecified atom stereocenters. The van der Waals surface area contributed by atoms with E-state index in [4.69, 9.17) is 0 Å². The van der Waals surface area contributed by atoms with Crippen LogP contribution >= 0.6 is 0 Å². The minimum Gasteiger partial charge on any atom is -0.300 e. The Hall–Kier alpha value is -0.660. The van der Waals surface area contributed by atoms with Crippen LogP contribution in [0, 0.1) is 5.92 Å². The van der Waals surface area contributed by atoms with Crippen LogP contribution in [0.3, 0.4) is 0 Å². The summed E-state index contributed by atoms with van der Waals surface area (Å²) in [6.07, 6.45) is 18.0. The second-order valence-electron chi connectivity index (χ2n) is 7.12. The number of hydrogen-bond donors (Lipinski definition) is 0. The van der Waals surface area contributed by atoms with E-state index in [9.17, 15) is 9.59 Å². The van der Waals surface area contributed by atoms with Crippen LogP contribution in [0.15, 0.2) is 0 Å². The fraction of sp³-hybridized carbons (Fsp3) is 0.905. The molecule has 1 rings (SSSR count). The van der Waals surface area contributed by atoms with Crippen molar-refractivity contribution in [2.45, 2.75) is 117 Å². The van der Waals surface area contributed by atoms with Crippen LogP contribution in [-0.2, 0) is 9.59 Å². The molecule has 1 fully saturated rings. The van der Waals surface area contributed by atoms with Gasteiger partial charge < -0.3 is 4.79 Å².